The van der Waals surface area contributed by atoms with Crippen LogP contribution in [0, 0.1) is 16.7 Å². The third kappa shape index (κ3) is 5.21. The monoisotopic (exact) mass is 504 g/mol. The molecule has 1 aliphatic rings. The molecule has 0 amide bonds. The topological polar surface area (TPSA) is 87.8 Å². The summed E-state index contributed by atoms with van der Waals surface area (Å²) in [6, 6.07) is 9.68. The number of hydrogen-bond acceptors (Lipinski definition) is 4. The summed E-state index contributed by atoms with van der Waals surface area (Å²) in [6.07, 6.45) is -2.10. The van der Waals surface area contributed by atoms with Crippen molar-refractivity contribution < 1.29 is 21.6 Å². The highest BCUT2D eigenvalue weighted by Crippen LogP contribution is 2.40. The van der Waals surface area contributed by atoms with E-state index < -0.39 is 27.5 Å². The molecule has 0 radical (unpaired) electrons. The van der Waals surface area contributed by atoms with Crippen LogP contribution in [0.3, 0.4) is 0 Å². The molecule has 4 rings (SSSR count). The molecular weight excluding hydrogens is 477 g/mol. The Balaban J connectivity index is 1.89. The van der Waals surface area contributed by atoms with Crippen molar-refractivity contribution in [1.82, 2.24) is 14.3 Å². The zero-order valence-corrected chi connectivity index (χ0v) is 20.5. The van der Waals surface area contributed by atoms with Gasteiger partial charge in [0.15, 0.2) is 0 Å². The number of fused-ring (bicyclic) bond motifs is 1. The number of nitriles is 1. The summed E-state index contributed by atoms with van der Waals surface area (Å²) in [7, 11) is -4.14. The third-order valence-corrected chi connectivity index (χ3v) is 8.05. The van der Waals surface area contributed by atoms with Crippen LogP contribution in [0.1, 0.15) is 57.2 Å². The lowest BCUT2D eigenvalue weighted by Gasteiger charge is -2.29. The first-order valence-electron chi connectivity index (χ1n) is 11.4. The Labute approximate surface area is 202 Å². The second-order valence-corrected chi connectivity index (χ2v) is 12.2. The highest BCUT2D eigenvalue weighted by molar-refractivity contribution is 7.90. The molecule has 0 saturated heterocycles. The molecule has 1 saturated carbocycles. The zero-order chi connectivity index (χ0) is 25.6. The van der Waals surface area contributed by atoms with Gasteiger partial charge in [-0.15, -0.1) is 0 Å². The Hall–Kier alpha value is -2.90. The zero-order valence-electron chi connectivity index (χ0n) is 19.7. The normalized spacial score (nSPS) is 16.1. The van der Waals surface area contributed by atoms with Gasteiger partial charge in [-0.25, -0.2) is 13.4 Å². The first-order chi connectivity index (χ1) is 16.3. The maximum atomic E-state index is 14.2. The van der Waals surface area contributed by atoms with Crippen LogP contribution in [0.4, 0.5) is 13.2 Å². The molecule has 10 heteroatoms. The predicted molar refractivity (Wildman–Crippen MR) is 128 cm³/mol. The Bertz CT molecular complexity index is 1390. The van der Waals surface area contributed by atoms with Crippen LogP contribution in [-0.2, 0) is 16.6 Å². The second kappa shape index (κ2) is 8.95. The smallest absolute Gasteiger partial charge is 0.332 e. The lowest BCUT2D eigenvalue weighted by Crippen LogP contribution is -2.44. The highest BCUT2D eigenvalue weighted by Gasteiger charge is 2.46. The molecule has 0 aliphatic heterocycles. The van der Waals surface area contributed by atoms with Crippen LogP contribution in [0.15, 0.2) is 42.6 Å². The molecule has 3 aromatic rings. The van der Waals surface area contributed by atoms with Crippen molar-refractivity contribution in [2.45, 2.75) is 64.0 Å². The van der Waals surface area contributed by atoms with Gasteiger partial charge in [0.2, 0.25) is 10.0 Å². The average Bonchev–Trinajstić information content (AvgIpc) is 3.05. The third-order valence-electron chi connectivity index (χ3n) is 6.13. The number of rotatable bonds is 6. The summed E-state index contributed by atoms with van der Waals surface area (Å²) in [6.45, 7) is 6.22. The summed E-state index contributed by atoms with van der Waals surface area (Å²) in [5.41, 5.74) is 1.25. The molecule has 6 nitrogen and oxygen atoms in total. The average molecular weight is 505 g/mol. The van der Waals surface area contributed by atoms with Gasteiger partial charge in [0.25, 0.3) is 0 Å². The van der Waals surface area contributed by atoms with Crippen LogP contribution in [0.2, 0.25) is 0 Å². The first kappa shape index (κ1) is 25.2. The molecule has 1 unspecified atom stereocenters. The molecule has 186 valence electrons. The molecule has 1 N–H and O–H groups in total. The van der Waals surface area contributed by atoms with E-state index in [-0.39, 0.29) is 16.4 Å². The van der Waals surface area contributed by atoms with Crippen LogP contribution in [-0.4, -0.2) is 29.4 Å². The Kier molecular flexibility index (Phi) is 6.45. The number of pyridine rings is 1. The molecule has 1 aliphatic carbocycles. The van der Waals surface area contributed by atoms with Gasteiger partial charge in [0.1, 0.15) is 11.7 Å². The quantitative estimate of drug-likeness (QED) is 0.467. The van der Waals surface area contributed by atoms with Gasteiger partial charge >= 0.3 is 6.18 Å². The van der Waals surface area contributed by atoms with E-state index in [1.54, 1.807) is 34.9 Å². The fourth-order valence-corrected chi connectivity index (χ4v) is 5.99. The predicted octanol–water partition coefficient (Wildman–Crippen LogP) is 5.70. The summed E-state index contributed by atoms with van der Waals surface area (Å²) in [5.74, 6) is 0. The molecule has 2 aromatic heterocycles. The first-order valence-corrected chi connectivity index (χ1v) is 12.9. The number of nitrogens with one attached hydrogen (secondary N) is 1. The van der Waals surface area contributed by atoms with E-state index in [9.17, 15) is 26.9 Å². The van der Waals surface area contributed by atoms with Crippen molar-refractivity contribution >= 4 is 21.1 Å². The minimum absolute atomic E-state index is 0.188. The van der Waals surface area contributed by atoms with Gasteiger partial charge < -0.3 is 4.57 Å². The van der Waals surface area contributed by atoms with Crippen molar-refractivity contribution in [2.75, 3.05) is 0 Å². The Morgan fingerprint density at radius 3 is 2.43 bits per heavy atom. The fraction of sp³-hybridized carbons (Fsp3) is 0.440. The molecular formula is C25H27F3N4O2S. The van der Waals surface area contributed by atoms with Gasteiger partial charge in [-0.1, -0.05) is 45.4 Å². The number of nitrogens with zero attached hydrogens (tertiary/aromatic N) is 3. The van der Waals surface area contributed by atoms with Crippen LogP contribution in [0.5, 0.6) is 0 Å². The number of halogens is 3. The minimum Gasteiger partial charge on any atom is -0.332 e. The SMILES string of the molecule is CC(C)(C)Cn1cc(C(NS(=O)(=O)C2CCC2)C(F)(F)F)c2ccc(-c3ccccc3C#N)nc21. The van der Waals surface area contributed by atoms with E-state index in [1.165, 1.54) is 12.3 Å². The molecule has 0 spiro atoms. The number of hydrogen-bond donors (Lipinski definition) is 1. The van der Waals surface area contributed by atoms with Crippen molar-refractivity contribution in [1.29, 1.82) is 5.26 Å². The maximum absolute atomic E-state index is 14.2. The van der Waals surface area contributed by atoms with Crippen molar-refractivity contribution in [3.63, 3.8) is 0 Å². The second-order valence-electron chi connectivity index (χ2n) is 10.2. The molecule has 0 bridgehead atoms. The minimum atomic E-state index is -4.84. The van der Waals surface area contributed by atoms with E-state index in [4.69, 9.17) is 0 Å². The van der Waals surface area contributed by atoms with Gasteiger partial charge in [-0.05, 0) is 36.5 Å². The van der Waals surface area contributed by atoms with Crippen molar-refractivity contribution in [3.8, 4) is 17.3 Å². The van der Waals surface area contributed by atoms with Gasteiger partial charge in [0, 0.05) is 29.3 Å². The summed E-state index contributed by atoms with van der Waals surface area (Å²) in [4.78, 5) is 4.65. The highest BCUT2D eigenvalue weighted by atomic mass is 32.2. The maximum Gasteiger partial charge on any atom is 0.408 e. The molecule has 1 fully saturated rings. The molecule has 1 atom stereocenters. The van der Waals surface area contributed by atoms with E-state index in [1.807, 2.05) is 25.5 Å². The fourth-order valence-electron chi connectivity index (χ4n) is 4.26. The van der Waals surface area contributed by atoms with Gasteiger partial charge in [-0.2, -0.15) is 23.2 Å². The van der Waals surface area contributed by atoms with E-state index in [0.717, 1.165) is 0 Å². The van der Waals surface area contributed by atoms with Crippen LogP contribution < -0.4 is 4.72 Å². The lowest BCUT2D eigenvalue weighted by molar-refractivity contribution is -0.152. The van der Waals surface area contributed by atoms with Crippen LogP contribution >= 0.6 is 0 Å². The summed E-state index contributed by atoms with van der Waals surface area (Å²) < 4.78 is 71.6. The van der Waals surface area contributed by atoms with Crippen molar-refractivity contribution in [3.05, 3.63) is 53.7 Å². The summed E-state index contributed by atoms with van der Waals surface area (Å²) in [5, 5.41) is 8.88. The Morgan fingerprint density at radius 1 is 1.17 bits per heavy atom. The van der Waals surface area contributed by atoms with Gasteiger partial charge in [-0.3, -0.25) is 0 Å². The molecule has 35 heavy (non-hydrogen) atoms. The molecule has 1 aromatic carbocycles. The summed E-state index contributed by atoms with van der Waals surface area (Å²) >= 11 is 0. The Morgan fingerprint density at radius 2 is 1.86 bits per heavy atom. The number of sulfonamides is 1. The van der Waals surface area contributed by atoms with E-state index in [0.29, 0.717) is 48.3 Å². The number of aromatic nitrogens is 2. The van der Waals surface area contributed by atoms with E-state index >= 15 is 0 Å². The molecule has 2 heterocycles. The van der Waals surface area contributed by atoms with Gasteiger partial charge in [0.05, 0.1) is 22.6 Å². The van der Waals surface area contributed by atoms with Crippen molar-refractivity contribution in [2.24, 2.45) is 5.41 Å². The van der Waals surface area contributed by atoms with E-state index in [2.05, 4.69) is 11.1 Å². The largest absolute Gasteiger partial charge is 0.408 e. The lowest BCUT2D eigenvalue weighted by atomic mass is 9.97. The number of benzene rings is 1. The standard InChI is InChI=1S/C25H27F3N4O2S/c1-24(2,3)15-32-14-20(22(25(26,27)28)31-35(33,34)17-8-6-9-17)19-11-12-21(30-23(19)32)18-10-5-4-7-16(18)13-29/h4-5,7,10-12,14,17,22,31H,6,8-9,15H2,1-3H3. The van der Waals surface area contributed by atoms with Crippen LogP contribution in [0.25, 0.3) is 22.3 Å². The number of alkyl halides is 3.